The molecule has 2 aromatic carbocycles. The standard InChI is InChI=1S/C16H11ClF3NOS/c17-12-5-6-14-13(9-12)21(7-8-23-14)15(22)10-1-3-11(4-2-10)16(18,19)20/h1-6,9H,7-8H2. The van der Waals surface area contributed by atoms with E-state index in [4.69, 9.17) is 11.6 Å². The minimum absolute atomic E-state index is 0.218. The Kier molecular flexibility index (Phi) is 4.29. The van der Waals surface area contributed by atoms with Crippen LogP contribution in [0.25, 0.3) is 0 Å². The third kappa shape index (κ3) is 3.33. The Morgan fingerprint density at radius 3 is 2.48 bits per heavy atom. The molecule has 1 heterocycles. The largest absolute Gasteiger partial charge is 0.416 e. The van der Waals surface area contributed by atoms with Crippen molar-refractivity contribution in [2.45, 2.75) is 11.1 Å². The predicted octanol–water partition coefficient (Wildman–Crippen LogP) is 5.11. The monoisotopic (exact) mass is 357 g/mol. The minimum Gasteiger partial charge on any atom is -0.306 e. The third-order valence-corrected chi connectivity index (χ3v) is 4.77. The summed E-state index contributed by atoms with van der Waals surface area (Å²) in [4.78, 5) is 15.1. The van der Waals surface area contributed by atoms with E-state index in [0.29, 0.717) is 17.3 Å². The number of amides is 1. The minimum atomic E-state index is -4.41. The zero-order chi connectivity index (χ0) is 16.6. The number of benzene rings is 2. The predicted molar refractivity (Wildman–Crippen MR) is 85.3 cm³/mol. The number of nitrogens with zero attached hydrogens (tertiary/aromatic N) is 1. The summed E-state index contributed by atoms with van der Waals surface area (Å²) in [6.07, 6.45) is -4.41. The molecule has 0 aliphatic carbocycles. The molecule has 23 heavy (non-hydrogen) atoms. The molecule has 0 radical (unpaired) electrons. The van der Waals surface area contributed by atoms with Gasteiger partial charge in [-0.25, -0.2) is 0 Å². The van der Waals surface area contributed by atoms with E-state index in [1.165, 1.54) is 12.1 Å². The summed E-state index contributed by atoms with van der Waals surface area (Å²) < 4.78 is 37.8. The molecule has 0 atom stereocenters. The van der Waals surface area contributed by atoms with Crippen LogP contribution in [0.15, 0.2) is 47.4 Å². The summed E-state index contributed by atoms with van der Waals surface area (Å²) in [5, 5.41) is 0.511. The van der Waals surface area contributed by atoms with Crippen molar-refractivity contribution >= 4 is 35.0 Å². The fraction of sp³-hybridized carbons (Fsp3) is 0.188. The van der Waals surface area contributed by atoms with Crippen molar-refractivity contribution in [2.75, 3.05) is 17.2 Å². The molecule has 1 aliphatic heterocycles. The molecule has 0 saturated carbocycles. The van der Waals surface area contributed by atoms with Gasteiger partial charge in [0.15, 0.2) is 0 Å². The second kappa shape index (κ2) is 6.09. The SMILES string of the molecule is O=C(c1ccc(C(F)(F)F)cc1)N1CCSc2ccc(Cl)cc21. The lowest BCUT2D eigenvalue weighted by Gasteiger charge is -2.29. The van der Waals surface area contributed by atoms with E-state index in [0.717, 1.165) is 22.8 Å². The lowest BCUT2D eigenvalue weighted by molar-refractivity contribution is -0.137. The van der Waals surface area contributed by atoms with Crippen LogP contribution in [0.5, 0.6) is 0 Å². The van der Waals surface area contributed by atoms with Crippen LogP contribution < -0.4 is 4.90 Å². The van der Waals surface area contributed by atoms with Gasteiger partial charge in [-0.2, -0.15) is 13.2 Å². The van der Waals surface area contributed by atoms with Gasteiger partial charge in [0.2, 0.25) is 0 Å². The van der Waals surface area contributed by atoms with Gasteiger partial charge in [-0.15, -0.1) is 11.8 Å². The number of thioether (sulfide) groups is 1. The summed E-state index contributed by atoms with van der Waals surface area (Å²) in [5.41, 5.74) is 0.140. The average molecular weight is 358 g/mol. The highest BCUT2D eigenvalue weighted by Crippen LogP contribution is 2.37. The Morgan fingerprint density at radius 2 is 1.83 bits per heavy atom. The maximum Gasteiger partial charge on any atom is 0.416 e. The first-order valence-corrected chi connectivity index (χ1v) is 8.14. The first-order chi connectivity index (χ1) is 10.9. The second-order valence-corrected chi connectivity index (χ2v) is 6.57. The Labute approximate surface area is 140 Å². The number of alkyl halides is 3. The summed E-state index contributed by atoms with van der Waals surface area (Å²) in [6, 6.07) is 9.54. The number of carbonyl (C=O) groups is 1. The van der Waals surface area contributed by atoms with Gasteiger partial charge in [-0.05, 0) is 42.5 Å². The summed E-state index contributed by atoms with van der Waals surface area (Å²) >= 11 is 7.61. The lowest BCUT2D eigenvalue weighted by atomic mass is 10.1. The first-order valence-electron chi connectivity index (χ1n) is 6.78. The van der Waals surface area contributed by atoms with Gasteiger partial charge in [0.05, 0.1) is 11.3 Å². The van der Waals surface area contributed by atoms with Crippen molar-refractivity contribution in [1.29, 1.82) is 0 Å². The average Bonchev–Trinajstić information content (AvgIpc) is 2.53. The smallest absolute Gasteiger partial charge is 0.306 e. The molecule has 3 rings (SSSR count). The van der Waals surface area contributed by atoms with Gasteiger partial charge in [0, 0.05) is 27.8 Å². The number of carbonyl (C=O) groups excluding carboxylic acids is 1. The summed E-state index contributed by atoms with van der Waals surface area (Å²) in [7, 11) is 0. The zero-order valence-corrected chi connectivity index (χ0v) is 13.3. The van der Waals surface area contributed by atoms with E-state index >= 15 is 0 Å². The van der Waals surface area contributed by atoms with E-state index in [-0.39, 0.29) is 11.5 Å². The molecule has 0 fully saturated rings. The number of anilines is 1. The molecule has 0 saturated heterocycles. The topological polar surface area (TPSA) is 20.3 Å². The molecule has 1 amide bonds. The summed E-state index contributed by atoms with van der Waals surface area (Å²) in [6.45, 7) is 0.484. The molecular weight excluding hydrogens is 347 g/mol. The van der Waals surface area contributed by atoms with Crippen molar-refractivity contribution in [3.05, 3.63) is 58.6 Å². The molecule has 7 heteroatoms. The molecule has 1 aliphatic rings. The van der Waals surface area contributed by atoms with Crippen molar-refractivity contribution in [3.63, 3.8) is 0 Å². The fourth-order valence-electron chi connectivity index (χ4n) is 2.36. The number of fused-ring (bicyclic) bond motifs is 1. The Morgan fingerprint density at radius 1 is 1.13 bits per heavy atom. The third-order valence-electron chi connectivity index (χ3n) is 3.49. The van der Waals surface area contributed by atoms with Crippen LogP contribution in [0.3, 0.4) is 0 Å². The quantitative estimate of drug-likeness (QED) is 0.706. The Bertz CT molecular complexity index is 746. The van der Waals surface area contributed by atoms with Crippen LogP contribution in [-0.4, -0.2) is 18.2 Å². The van der Waals surface area contributed by atoms with E-state index in [9.17, 15) is 18.0 Å². The van der Waals surface area contributed by atoms with Crippen LogP contribution in [-0.2, 0) is 6.18 Å². The molecule has 2 aromatic rings. The molecule has 2 nitrogen and oxygen atoms in total. The molecule has 0 bridgehead atoms. The molecular formula is C16H11ClF3NOS. The van der Waals surface area contributed by atoms with E-state index < -0.39 is 11.7 Å². The highest BCUT2D eigenvalue weighted by molar-refractivity contribution is 7.99. The van der Waals surface area contributed by atoms with Crippen molar-refractivity contribution in [1.82, 2.24) is 0 Å². The van der Waals surface area contributed by atoms with Crippen LogP contribution in [0.1, 0.15) is 15.9 Å². The molecule has 0 spiro atoms. The van der Waals surface area contributed by atoms with Gasteiger partial charge >= 0.3 is 6.18 Å². The number of halogens is 4. The second-order valence-electron chi connectivity index (χ2n) is 4.99. The molecule has 120 valence electrons. The van der Waals surface area contributed by atoms with Gasteiger partial charge in [0.25, 0.3) is 5.91 Å². The fourth-order valence-corrected chi connectivity index (χ4v) is 3.50. The number of rotatable bonds is 1. The van der Waals surface area contributed by atoms with Crippen molar-refractivity contribution < 1.29 is 18.0 Å². The highest BCUT2D eigenvalue weighted by Gasteiger charge is 2.31. The molecule has 0 aromatic heterocycles. The normalized spacial score (nSPS) is 14.5. The maximum atomic E-state index is 12.6. The van der Waals surface area contributed by atoms with E-state index in [1.807, 2.05) is 6.07 Å². The Hall–Kier alpha value is -1.66. The van der Waals surface area contributed by atoms with Gasteiger partial charge in [-0.3, -0.25) is 4.79 Å². The molecule has 0 unspecified atom stereocenters. The van der Waals surface area contributed by atoms with Crippen LogP contribution in [0, 0.1) is 0 Å². The lowest BCUT2D eigenvalue weighted by Crippen LogP contribution is -2.35. The van der Waals surface area contributed by atoms with Crippen LogP contribution >= 0.6 is 23.4 Å². The van der Waals surface area contributed by atoms with Gasteiger partial charge < -0.3 is 4.90 Å². The summed E-state index contributed by atoms with van der Waals surface area (Å²) in [5.74, 6) is 0.392. The van der Waals surface area contributed by atoms with Crippen molar-refractivity contribution in [2.24, 2.45) is 0 Å². The van der Waals surface area contributed by atoms with Gasteiger partial charge in [-0.1, -0.05) is 11.6 Å². The first kappa shape index (κ1) is 16.2. The van der Waals surface area contributed by atoms with Crippen LogP contribution in [0.4, 0.5) is 18.9 Å². The van der Waals surface area contributed by atoms with E-state index in [1.54, 1.807) is 28.8 Å². The Balaban J connectivity index is 1.91. The van der Waals surface area contributed by atoms with Gasteiger partial charge in [0.1, 0.15) is 0 Å². The van der Waals surface area contributed by atoms with Crippen LogP contribution in [0.2, 0.25) is 5.02 Å². The molecule has 0 N–H and O–H groups in total. The maximum absolute atomic E-state index is 12.6. The number of hydrogen-bond donors (Lipinski definition) is 0. The number of hydrogen-bond acceptors (Lipinski definition) is 2. The zero-order valence-electron chi connectivity index (χ0n) is 11.7. The van der Waals surface area contributed by atoms with Crippen molar-refractivity contribution in [3.8, 4) is 0 Å². The highest BCUT2D eigenvalue weighted by atomic mass is 35.5. The van der Waals surface area contributed by atoms with E-state index in [2.05, 4.69) is 0 Å².